The zero-order chi connectivity index (χ0) is 18.4. The van der Waals surface area contributed by atoms with E-state index >= 15 is 0 Å². The van der Waals surface area contributed by atoms with Gasteiger partial charge in [0.1, 0.15) is 0 Å². The molecule has 0 radical (unpaired) electrons. The normalized spacial score (nSPS) is 22.5. The van der Waals surface area contributed by atoms with E-state index in [2.05, 4.69) is 16.1 Å². The van der Waals surface area contributed by atoms with Gasteiger partial charge in [0.2, 0.25) is 5.91 Å². The van der Waals surface area contributed by atoms with E-state index in [1.165, 1.54) is 4.88 Å². The number of carbonyl (C=O) groups excluding carboxylic acids is 1. The number of ether oxygens (including phenoxy) is 1. The predicted molar refractivity (Wildman–Crippen MR) is 103 cm³/mol. The molecule has 1 aliphatic carbocycles. The van der Waals surface area contributed by atoms with Gasteiger partial charge in [-0.15, -0.1) is 11.3 Å². The lowest BCUT2D eigenvalue weighted by Gasteiger charge is -2.32. The molecule has 0 spiro atoms. The molecule has 2 aliphatic heterocycles. The van der Waals surface area contributed by atoms with E-state index in [0.717, 1.165) is 80.9 Å². The van der Waals surface area contributed by atoms with Crippen LogP contribution >= 0.6 is 11.3 Å². The van der Waals surface area contributed by atoms with Gasteiger partial charge in [-0.2, -0.15) is 5.10 Å². The van der Waals surface area contributed by atoms with Gasteiger partial charge in [-0.25, -0.2) is 4.98 Å². The van der Waals surface area contributed by atoms with Gasteiger partial charge in [0, 0.05) is 36.9 Å². The van der Waals surface area contributed by atoms with E-state index in [1.54, 1.807) is 0 Å². The molecule has 27 heavy (non-hydrogen) atoms. The van der Waals surface area contributed by atoms with Crippen molar-refractivity contribution in [2.45, 2.75) is 39.3 Å². The van der Waals surface area contributed by atoms with Crippen molar-refractivity contribution < 1.29 is 9.53 Å². The molecule has 1 unspecified atom stereocenters. The zero-order valence-corrected chi connectivity index (χ0v) is 16.5. The quantitative estimate of drug-likeness (QED) is 0.784. The van der Waals surface area contributed by atoms with Gasteiger partial charge in [-0.1, -0.05) is 0 Å². The second-order valence-corrected chi connectivity index (χ2v) is 8.73. The van der Waals surface area contributed by atoms with Gasteiger partial charge in [0.05, 0.1) is 43.4 Å². The Morgan fingerprint density at radius 1 is 1.26 bits per heavy atom. The van der Waals surface area contributed by atoms with Gasteiger partial charge < -0.3 is 14.5 Å². The van der Waals surface area contributed by atoms with E-state index in [9.17, 15) is 4.79 Å². The van der Waals surface area contributed by atoms with Crippen molar-refractivity contribution in [3.63, 3.8) is 0 Å². The summed E-state index contributed by atoms with van der Waals surface area (Å²) in [6, 6.07) is 2.09. The summed E-state index contributed by atoms with van der Waals surface area (Å²) in [6.45, 7) is 7.61. The number of aromatic nitrogens is 3. The third-order valence-electron chi connectivity index (χ3n) is 5.79. The lowest BCUT2D eigenvalue weighted by atomic mass is 9.89. The van der Waals surface area contributed by atoms with Crippen molar-refractivity contribution in [3.05, 3.63) is 28.0 Å². The Balaban J connectivity index is 1.28. The molecule has 7 nitrogen and oxygen atoms in total. The van der Waals surface area contributed by atoms with Crippen LogP contribution in [0.3, 0.4) is 0 Å². The molecule has 0 bridgehead atoms. The van der Waals surface area contributed by atoms with Gasteiger partial charge >= 0.3 is 0 Å². The molecule has 2 aromatic rings. The minimum Gasteiger partial charge on any atom is -0.378 e. The second kappa shape index (κ2) is 6.91. The van der Waals surface area contributed by atoms with Crippen molar-refractivity contribution in [1.82, 2.24) is 19.7 Å². The molecule has 0 saturated carbocycles. The van der Waals surface area contributed by atoms with Gasteiger partial charge in [0.15, 0.2) is 5.13 Å². The van der Waals surface area contributed by atoms with E-state index < -0.39 is 0 Å². The van der Waals surface area contributed by atoms with Crippen LogP contribution in [-0.4, -0.2) is 58.4 Å². The summed E-state index contributed by atoms with van der Waals surface area (Å²) in [5.74, 6) is 0.347. The molecule has 3 aliphatic rings. The number of amides is 1. The topological polar surface area (TPSA) is 63.5 Å². The molecular formula is C19H25N5O2S. The van der Waals surface area contributed by atoms with Gasteiger partial charge in [-0.3, -0.25) is 9.48 Å². The minimum absolute atomic E-state index is 0.0627. The number of morpholine rings is 1. The summed E-state index contributed by atoms with van der Waals surface area (Å²) in [5, 5.41) is 5.60. The lowest BCUT2D eigenvalue weighted by molar-refractivity contribution is -0.137. The number of fused-ring (bicyclic) bond motifs is 2. The van der Waals surface area contributed by atoms with Gasteiger partial charge in [0.25, 0.3) is 0 Å². The van der Waals surface area contributed by atoms with Crippen LogP contribution in [-0.2, 0) is 35.5 Å². The van der Waals surface area contributed by atoms with Crippen molar-refractivity contribution in [2.75, 3.05) is 37.7 Å². The molecule has 0 aromatic carbocycles. The molecule has 1 saturated heterocycles. The smallest absolute Gasteiger partial charge is 0.226 e. The Morgan fingerprint density at radius 2 is 2.11 bits per heavy atom. The summed E-state index contributed by atoms with van der Waals surface area (Å²) in [7, 11) is 0. The molecule has 1 fully saturated rings. The molecule has 1 atom stereocenters. The van der Waals surface area contributed by atoms with Crippen molar-refractivity contribution in [3.8, 4) is 0 Å². The summed E-state index contributed by atoms with van der Waals surface area (Å²) >= 11 is 1.81. The number of nitrogens with zero attached hydrogens (tertiary/aromatic N) is 5. The molecule has 0 N–H and O–H groups in total. The summed E-state index contributed by atoms with van der Waals surface area (Å²) < 4.78 is 7.48. The van der Waals surface area contributed by atoms with Crippen molar-refractivity contribution in [1.29, 1.82) is 0 Å². The van der Waals surface area contributed by atoms with Crippen LogP contribution in [0.4, 0.5) is 5.13 Å². The summed E-state index contributed by atoms with van der Waals surface area (Å²) in [6.07, 6.45) is 2.69. The monoisotopic (exact) mass is 387 g/mol. The fraction of sp³-hybridized carbons (Fsp3) is 0.632. The van der Waals surface area contributed by atoms with Crippen molar-refractivity contribution >= 4 is 22.4 Å². The van der Waals surface area contributed by atoms with Crippen molar-refractivity contribution in [2.24, 2.45) is 5.92 Å². The SMILES string of the molecule is Cc1cc2n(n1)CCN(C(=O)C1CCc3sc(N4CCOCC4)nc3C1)C2. The van der Waals surface area contributed by atoms with E-state index in [1.807, 2.05) is 27.8 Å². The molecule has 144 valence electrons. The number of thiazole rings is 1. The number of anilines is 1. The fourth-order valence-corrected chi connectivity index (χ4v) is 5.48. The maximum Gasteiger partial charge on any atom is 0.226 e. The molecule has 2 aromatic heterocycles. The summed E-state index contributed by atoms with van der Waals surface area (Å²) in [4.78, 5) is 23.7. The number of hydrogen-bond donors (Lipinski definition) is 0. The minimum atomic E-state index is 0.0627. The third kappa shape index (κ3) is 3.25. The van der Waals surface area contributed by atoms with Gasteiger partial charge in [-0.05, 0) is 25.8 Å². The van der Waals surface area contributed by atoms with Crippen LogP contribution in [0.5, 0.6) is 0 Å². The third-order valence-corrected chi connectivity index (χ3v) is 7.01. The average molecular weight is 388 g/mol. The number of rotatable bonds is 2. The van der Waals surface area contributed by atoms with E-state index in [-0.39, 0.29) is 11.8 Å². The standard InChI is InChI=1S/C19H25N5O2S/c1-13-10-15-12-23(4-5-24(15)21-13)18(25)14-2-3-17-16(11-14)20-19(27-17)22-6-8-26-9-7-22/h10,14H,2-9,11-12H2,1H3. The Kier molecular flexibility index (Phi) is 4.40. The first-order chi connectivity index (χ1) is 13.2. The van der Waals surface area contributed by atoms with Crippen LogP contribution in [0.25, 0.3) is 0 Å². The van der Waals surface area contributed by atoms with E-state index in [0.29, 0.717) is 6.54 Å². The van der Waals surface area contributed by atoms with Crippen LogP contribution in [0.15, 0.2) is 6.07 Å². The highest BCUT2D eigenvalue weighted by Crippen LogP contribution is 2.35. The number of carbonyl (C=O) groups is 1. The second-order valence-electron chi connectivity index (χ2n) is 7.67. The van der Waals surface area contributed by atoms with Crippen LogP contribution in [0.1, 0.15) is 28.4 Å². The molecule has 8 heteroatoms. The first-order valence-electron chi connectivity index (χ1n) is 9.81. The highest BCUT2D eigenvalue weighted by Gasteiger charge is 2.33. The average Bonchev–Trinajstić information content (AvgIpc) is 3.29. The first-order valence-corrected chi connectivity index (χ1v) is 10.6. The number of aryl methyl sites for hydroxylation is 2. The molecular weight excluding hydrogens is 362 g/mol. The first kappa shape index (κ1) is 17.2. The largest absolute Gasteiger partial charge is 0.378 e. The zero-order valence-electron chi connectivity index (χ0n) is 15.7. The maximum absolute atomic E-state index is 13.1. The lowest BCUT2D eigenvalue weighted by Crippen LogP contribution is -2.43. The van der Waals surface area contributed by atoms with Crippen LogP contribution < -0.4 is 4.90 Å². The number of hydrogen-bond acceptors (Lipinski definition) is 6. The highest BCUT2D eigenvalue weighted by atomic mass is 32.1. The highest BCUT2D eigenvalue weighted by molar-refractivity contribution is 7.15. The molecule has 5 rings (SSSR count). The molecule has 1 amide bonds. The Morgan fingerprint density at radius 3 is 2.96 bits per heavy atom. The fourth-order valence-electron chi connectivity index (χ4n) is 4.32. The van der Waals surface area contributed by atoms with E-state index in [4.69, 9.17) is 9.72 Å². The Bertz CT molecular complexity index is 854. The van der Waals surface area contributed by atoms with Crippen LogP contribution in [0, 0.1) is 12.8 Å². The predicted octanol–water partition coefficient (Wildman–Crippen LogP) is 1.63. The summed E-state index contributed by atoms with van der Waals surface area (Å²) in [5.41, 5.74) is 3.32. The Labute approximate surface area is 162 Å². The Hall–Kier alpha value is -1.93. The van der Waals surface area contributed by atoms with Crippen LogP contribution in [0.2, 0.25) is 0 Å². The maximum atomic E-state index is 13.1. The molecule has 4 heterocycles.